The minimum absolute atomic E-state index is 0. The van der Waals surface area contributed by atoms with Gasteiger partial charge >= 0.3 is 0 Å². The van der Waals surface area contributed by atoms with Gasteiger partial charge in [-0.05, 0) is 38.1 Å². The maximum Gasteiger partial charge on any atom is 0.289 e. The van der Waals surface area contributed by atoms with E-state index in [0.717, 1.165) is 25.9 Å². The first-order valence-electron chi connectivity index (χ1n) is 5.30. The van der Waals surface area contributed by atoms with Gasteiger partial charge in [-0.25, -0.2) is 0 Å². The Labute approximate surface area is 101 Å². The Kier molecular flexibility index (Phi) is 4.83. The Bertz CT molecular complexity index is 321. The van der Waals surface area contributed by atoms with Gasteiger partial charge < -0.3 is 14.6 Å². The number of nitrogens with one attached hydrogen (secondary N) is 1. The summed E-state index contributed by atoms with van der Waals surface area (Å²) in [6.45, 7) is 1.97. The molecule has 0 unspecified atom stereocenters. The second kappa shape index (κ2) is 5.92. The normalized spacial score (nSPS) is 16.6. The largest absolute Gasteiger partial charge is 0.459 e. The molecule has 90 valence electrons. The van der Waals surface area contributed by atoms with Gasteiger partial charge in [-0.2, -0.15) is 0 Å². The van der Waals surface area contributed by atoms with Crippen molar-refractivity contribution in [1.82, 2.24) is 10.2 Å². The molecule has 4 nitrogen and oxygen atoms in total. The number of piperidine rings is 1. The van der Waals surface area contributed by atoms with Crippen molar-refractivity contribution in [2.45, 2.75) is 18.9 Å². The molecular weight excluding hydrogens is 228 g/mol. The van der Waals surface area contributed by atoms with Crippen LogP contribution in [0.5, 0.6) is 0 Å². The third-order valence-corrected chi connectivity index (χ3v) is 2.91. The summed E-state index contributed by atoms with van der Waals surface area (Å²) in [4.78, 5) is 13.7. The number of carbonyl (C=O) groups excluding carboxylic acids is 1. The van der Waals surface area contributed by atoms with Crippen LogP contribution in [-0.2, 0) is 0 Å². The highest BCUT2D eigenvalue weighted by atomic mass is 35.5. The minimum Gasteiger partial charge on any atom is -0.459 e. The van der Waals surface area contributed by atoms with Gasteiger partial charge in [0.2, 0.25) is 0 Å². The molecule has 1 aliphatic heterocycles. The molecule has 1 fully saturated rings. The van der Waals surface area contributed by atoms with Gasteiger partial charge in [-0.15, -0.1) is 12.4 Å². The summed E-state index contributed by atoms with van der Waals surface area (Å²) in [5.41, 5.74) is 0. The number of hydrogen-bond donors (Lipinski definition) is 1. The lowest BCUT2D eigenvalue weighted by atomic mass is 10.1. The van der Waals surface area contributed by atoms with Crippen molar-refractivity contribution < 1.29 is 9.21 Å². The fourth-order valence-corrected chi connectivity index (χ4v) is 1.93. The number of furan rings is 1. The minimum atomic E-state index is -0.0214. The quantitative estimate of drug-likeness (QED) is 0.858. The van der Waals surface area contributed by atoms with E-state index < -0.39 is 0 Å². The molecule has 16 heavy (non-hydrogen) atoms. The second-order valence-corrected chi connectivity index (χ2v) is 3.87. The van der Waals surface area contributed by atoms with Crippen LogP contribution in [-0.4, -0.2) is 37.0 Å². The van der Waals surface area contributed by atoms with Crippen LogP contribution in [0, 0.1) is 0 Å². The lowest BCUT2D eigenvalue weighted by molar-refractivity contribution is 0.0671. The van der Waals surface area contributed by atoms with E-state index in [0.29, 0.717) is 11.8 Å². The molecule has 2 rings (SSSR count). The molecule has 5 heteroatoms. The van der Waals surface area contributed by atoms with E-state index in [9.17, 15) is 4.79 Å². The van der Waals surface area contributed by atoms with E-state index >= 15 is 0 Å². The van der Waals surface area contributed by atoms with E-state index in [1.807, 2.05) is 7.05 Å². The van der Waals surface area contributed by atoms with Crippen molar-refractivity contribution in [3.8, 4) is 0 Å². The number of hydrogen-bond acceptors (Lipinski definition) is 3. The van der Waals surface area contributed by atoms with E-state index in [-0.39, 0.29) is 18.3 Å². The van der Waals surface area contributed by atoms with E-state index in [1.54, 1.807) is 17.0 Å². The predicted octanol–water partition coefficient (Wildman–Crippen LogP) is 1.53. The van der Waals surface area contributed by atoms with Crippen molar-refractivity contribution >= 4 is 18.3 Å². The maximum atomic E-state index is 11.9. The van der Waals surface area contributed by atoms with Crippen LogP contribution >= 0.6 is 12.4 Å². The van der Waals surface area contributed by atoms with E-state index in [4.69, 9.17) is 4.42 Å². The molecule has 0 aromatic carbocycles. The van der Waals surface area contributed by atoms with Gasteiger partial charge in [0.1, 0.15) is 0 Å². The number of halogens is 1. The van der Waals surface area contributed by atoms with Crippen LogP contribution < -0.4 is 5.32 Å². The van der Waals surface area contributed by atoms with E-state index in [1.165, 1.54) is 6.26 Å². The molecule has 0 radical (unpaired) electrons. The lowest BCUT2D eigenvalue weighted by Crippen LogP contribution is -2.43. The maximum absolute atomic E-state index is 11.9. The third kappa shape index (κ3) is 2.77. The SMILES string of the molecule is CN(C(=O)c1ccco1)C1CCNCC1.Cl. The number of amides is 1. The summed E-state index contributed by atoms with van der Waals surface area (Å²) >= 11 is 0. The van der Waals surface area contributed by atoms with Gasteiger partial charge in [0.05, 0.1) is 6.26 Å². The predicted molar refractivity (Wildman–Crippen MR) is 63.9 cm³/mol. The van der Waals surface area contributed by atoms with Crippen LogP contribution in [0.2, 0.25) is 0 Å². The zero-order chi connectivity index (χ0) is 10.7. The van der Waals surface area contributed by atoms with Crippen LogP contribution in [0.4, 0.5) is 0 Å². The smallest absolute Gasteiger partial charge is 0.289 e. The summed E-state index contributed by atoms with van der Waals surface area (Å²) in [6, 6.07) is 3.78. The van der Waals surface area contributed by atoms with Crippen molar-refractivity contribution in [1.29, 1.82) is 0 Å². The molecular formula is C11H17ClN2O2. The summed E-state index contributed by atoms with van der Waals surface area (Å²) in [5.74, 6) is 0.405. The van der Waals surface area contributed by atoms with Crippen LogP contribution in [0.15, 0.2) is 22.8 Å². The molecule has 1 aliphatic rings. The Morgan fingerprint density at radius 2 is 2.19 bits per heavy atom. The van der Waals surface area contributed by atoms with Crippen LogP contribution in [0.25, 0.3) is 0 Å². The standard InChI is InChI=1S/C11H16N2O2.ClH/c1-13(9-4-6-12-7-5-9)11(14)10-3-2-8-15-10;/h2-3,8-9,12H,4-7H2,1H3;1H. The monoisotopic (exact) mass is 244 g/mol. The first-order chi connectivity index (χ1) is 7.29. The van der Waals surface area contributed by atoms with Crippen LogP contribution in [0.1, 0.15) is 23.4 Å². The Hall–Kier alpha value is -1.00. The van der Waals surface area contributed by atoms with Crippen molar-refractivity contribution in [3.63, 3.8) is 0 Å². The van der Waals surface area contributed by atoms with Gasteiger partial charge in [-0.3, -0.25) is 4.79 Å². The molecule has 1 N–H and O–H groups in total. The Morgan fingerprint density at radius 1 is 1.50 bits per heavy atom. The molecule has 0 aliphatic carbocycles. The molecule has 1 amide bonds. The molecule has 0 spiro atoms. The van der Waals surface area contributed by atoms with Crippen molar-refractivity contribution in [3.05, 3.63) is 24.2 Å². The first-order valence-corrected chi connectivity index (χ1v) is 5.30. The molecule has 1 saturated heterocycles. The highest BCUT2D eigenvalue weighted by Crippen LogP contribution is 2.13. The molecule has 0 saturated carbocycles. The average Bonchev–Trinajstić information content (AvgIpc) is 2.82. The van der Waals surface area contributed by atoms with Gasteiger partial charge in [0.15, 0.2) is 5.76 Å². The Morgan fingerprint density at radius 3 is 2.75 bits per heavy atom. The number of nitrogens with zero attached hydrogens (tertiary/aromatic N) is 1. The summed E-state index contributed by atoms with van der Waals surface area (Å²) < 4.78 is 5.10. The van der Waals surface area contributed by atoms with Gasteiger partial charge in [0.25, 0.3) is 5.91 Å². The topological polar surface area (TPSA) is 45.5 Å². The summed E-state index contributed by atoms with van der Waals surface area (Å²) in [6.07, 6.45) is 3.56. The fourth-order valence-electron chi connectivity index (χ4n) is 1.93. The average molecular weight is 245 g/mol. The zero-order valence-corrected chi connectivity index (χ0v) is 10.1. The number of rotatable bonds is 2. The Balaban J connectivity index is 0.00000128. The lowest BCUT2D eigenvalue weighted by Gasteiger charge is -2.31. The third-order valence-electron chi connectivity index (χ3n) is 2.91. The zero-order valence-electron chi connectivity index (χ0n) is 9.31. The highest BCUT2D eigenvalue weighted by Gasteiger charge is 2.23. The first kappa shape index (κ1) is 13.1. The van der Waals surface area contributed by atoms with E-state index in [2.05, 4.69) is 5.32 Å². The van der Waals surface area contributed by atoms with Gasteiger partial charge in [-0.1, -0.05) is 0 Å². The summed E-state index contributed by atoms with van der Waals surface area (Å²) in [7, 11) is 1.85. The van der Waals surface area contributed by atoms with Crippen molar-refractivity contribution in [2.75, 3.05) is 20.1 Å². The molecule has 2 heterocycles. The number of carbonyl (C=O) groups is 1. The molecule has 1 aromatic rings. The molecule has 0 atom stereocenters. The highest BCUT2D eigenvalue weighted by molar-refractivity contribution is 5.91. The van der Waals surface area contributed by atoms with Crippen molar-refractivity contribution in [2.24, 2.45) is 0 Å². The fraction of sp³-hybridized carbons (Fsp3) is 0.545. The molecule has 0 bridgehead atoms. The van der Waals surface area contributed by atoms with Crippen LogP contribution in [0.3, 0.4) is 0 Å². The molecule has 1 aromatic heterocycles. The second-order valence-electron chi connectivity index (χ2n) is 3.87. The van der Waals surface area contributed by atoms with Gasteiger partial charge in [0, 0.05) is 13.1 Å². The summed E-state index contributed by atoms with van der Waals surface area (Å²) in [5, 5.41) is 3.28.